The first-order chi connectivity index (χ1) is 8.81. The predicted molar refractivity (Wildman–Crippen MR) is 72.1 cm³/mol. The monoisotopic (exact) mass is 281 g/mol. The predicted octanol–water partition coefficient (Wildman–Crippen LogP) is 0.815. The second kappa shape index (κ2) is 4.54. The van der Waals surface area contributed by atoms with Gasteiger partial charge in [0.1, 0.15) is 6.33 Å². The van der Waals surface area contributed by atoms with Gasteiger partial charge in [-0.2, -0.15) is 10.1 Å². The van der Waals surface area contributed by atoms with E-state index in [4.69, 9.17) is 5.73 Å². The van der Waals surface area contributed by atoms with Crippen molar-refractivity contribution in [3.8, 4) is 0 Å². The third-order valence-electron chi connectivity index (χ3n) is 2.77. The van der Waals surface area contributed by atoms with Crippen LogP contribution >= 0.6 is 0 Å². The topological polar surface area (TPSA) is 103 Å². The molecule has 0 radical (unpaired) electrons. The zero-order valence-corrected chi connectivity index (χ0v) is 11.7. The van der Waals surface area contributed by atoms with E-state index in [1.54, 1.807) is 33.0 Å². The van der Waals surface area contributed by atoms with Crippen LogP contribution in [0.25, 0.3) is 0 Å². The first kappa shape index (κ1) is 13.3. The Labute approximate surface area is 111 Å². The average Bonchev–Trinajstić information content (AvgIpc) is 2.69. The van der Waals surface area contributed by atoms with Crippen molar-refractivity contribution in [1.29, 1.82) is 0 Å². The molecule has 0 fully saturated rings. The summed E-state index contributed by atoms with van der Waals surface area (Å²) in [5, 5.41) is 3.81. The summed E-state index contributed by atoms with van der Waals surface area (Å²) in [6.45, 7) is 3.46. The van der Waals surface area contributed by atoms with E-state index in [0.717, 1.165) is 5.56 Å². The van der Waals surface area contributed by atoms with Crippen LogP contribution in [0.1, 0.15) is 11.1 Å². The number of nitrogens with two attached hydrogens (primary N) is 1. The van der Waals surface area contributed by atoms with Gasteiger partial charge in [0.2, 0.25) is 5.95 Å². The largest absolute Gasteiger partial charge is 0.398 e. The van der Waals surface area contributed by atoms with E-state index < -0.39 is 10.0 Å². The number of nitrogens with one attached hydrogen (secondary N) is 1. The molecule has 0 unspecified atom stereocenters. The van der Waals surface area contributed by atoms with Crippen LogP contribution < -0.4 is 10.5 Å². The van der Waals surface area contributed by atoms with Crippen LogP contribution in [0.15, 0.2) is 23.4 Å². The Morgan fingerprint density at radius 2 is 2.00 bits per heavy atom. The van der Waals surface area contributed by atoms with Gasteiger partial charge < -0.3 is 5.73 Å². The smallest absolute Gasteiger partial charge is 0.264 e. The van der Waals surface area contributed by atoms with Gasteiger partial charge in [-0.1, -0.05) is 0 Å². The molecule has 0 amide bonds. The Hall–Kier alpha value is -2.09. The van der Waals surface area contributed by atoms with Crippen LogP contribution in [0.5, 0.6) is 0 Å². The first-order valence-corrected chi connectivity index (χ1v) is 7.03. The van der Waals surface area contributed by atoms with Gasteiger partial charge in [0.05, 0.1) is 4.90 Å². The van der Waals surface area contributed by atoms with Gasteiger partial charge in [0.15, 0.2) is 0 Å². The number of rotatable bonds is 3. The third-order valence-corrected chi connectivity index (χ3v) is 4.23. The molecule has 2 aromatic rings. The van der Waals surface area contributed by atoms with Crippen molar-refractivity contribution < 1.29 is 8.42 Å². The molecule has 1 heterocycles. The van der Waals surface area contributed by atoms with Gasteiger partial charge in [0, 0.05) is 12.7 Å². The molecule has 0 aliphatic heterocycles. The van der Waals surface area contributed by atoms with Crippen molar-refractivity contribution in [2.45, 2.75) is 18.7 Å². The summed E-state index contributed by atoms with van der Waals surface area (Å²) in [7, 11) is -2.14. The lowest BCUT2D eigenvalue weighted by Crippen LogP contribution is -2.18. The molecular formula is C11H15N5O2S. The maximum absolute atomic E-state index is 12.3. The van der Waals surface area contributed by atoms with Crippen LogP contribution in [0.2, 0.25) is 0 Å². The minimum atomic E-state index is -3.73. The Morgan fingerprint density at radius 1 is 1.32 bits per heavy atom. The molecule has 19 heavy (non-hydrogen) atoms. The van der Waals surface area contributed by atoms with Gasteiger partial charge in [-0.3, -0.25) is 0 Å². The normalized spacial score (nSPS) is 11.5. The lowest BCUT2D eigenvalue weighted by atomic mass is 10.1. The van der Waals surface area contributed by atoms with Gasteiger partial charge in [0.25, 0.3) is 10.0 Å². The molecule has 0 aliphatic rings. The van der Waals surface area contributed by atoms with Gasteiger partial charge in [-0.25, -0.2) is 17.8 Å². The standard InChI is InChI=1S/C11H15N5O2S/c1-7-4-9(12)8(2)10(5-7)19(17,18)15-11-13-6-14-16(11)3/h4-6H,12H2,1-3H3,(H,13,14,15). The van der Waals surface area contributed by atoms with Crippen molar-refractivity contribution in [3.05, 3.63) is 29.6 Å². The molecule has 0 saturated carbocycles. The third kappa shape index (κ3) is 2.53. The number of anilines is 2. The number of aryl methyl sites for hydroxylation is 2. The number of nitrogens with zero attached hydrogens (tertiary/aromatic N) is 3. The maximum atomic E-state index is 12.3. The second-order valence-corrected chi connectivity index (χ2v) is 5.94. The van der Waals surface area contributed by atoms with Gasteiger partial charge in [-0.15, -0.1) is 0 Å². The summed E-state index contributed by atoms with van der Waals surface area (Å²) < 4.78 is 28.4. The summed E-state index contributed by atoms with van der Waals surface area (Å²) >= 11 is 0. The van der Waals surface area contributed by atoms with Crippen molar-refractivity contribution in [2.75, 3.05) is 10.5 Å². The van der Waals surface area contributed by atoms with Crippen molar-refractivity contribution in [2.24, 2.45) is 7.05 Å². The lowest BCUT2D eigenvalue weighted by molar-refractivity contribution is 0.599. The van der Waals surface area contributed by atoms with Crippen LogP contribution in [0, 0.1) is 13.8 Å². The highest BCUT2D eigenvalue weighted by Crippen LogP contribution is 2.24. The Kier molecular flexibility index (Phi) is 3.19. The SMILES string of the molecule is Cc1cc(N)c(C)c(S(=O)(=O)Nc2ncnn2C)c1. The molecule has 3 N–H and O–H groups in total. The summed E-state index contributed by atoms with van der Waals surface area (Å²) in [5.41, 5.74) is 7.53. The first-order valence-electron chi connectivity index (χ1n) is 5.55. The molecule has 0 atom stereocenters. The van der Waals surface area contributed by atoms with Gasteiger partial charge >= 0.3 is 0 Å². The fraction of sp³-hybridized carbons (Fsp3) is 0.273. The van der Waals surface area contributed by atoms with Crippen molar-refractivity contribution >= 4 is 21.7 Å². The molecule has 7 nitrogen and oxygen atoms in total. The molecule has 0 bridgehead atoms. The minimum absolute atomic E-state index is 0.146. The molecule has 2 rings (SSSR count). The van der Waals surface area contributed by atoms with E-state index in [0.29, 0.717) is 11.3 Å². The highest BCUT2D eigenvalue weighted by Gasteiger charge is 2.20. The molecule has 102 valence electrons. The number of hydrogen-bond donors (Lipinski definition) is 2. The molecule has 1 aromatic carbocycles. The van der Waals surface area contributed by atoms with E-state index in [1.807, 2.05) is 0 Å². The van der Waals surface area contributed by atoms with Crippen molar-refractivity contribution in [3.63, 3.8) is 0 Å². The molecule has 8 heteroatoms. The second-order valence-electron chi connectivity index (χ2n) is 4.29. The van der Waals surface area contributed by atoms with Gasteiger partial charge in [-0.05, 0) is 37.1 Å². The summed E-state index contributed by atoms with van der Waals surface area (Å²) in [6, 6.07) is 3.31. The van der Waals surface area contributed by atoms with Crippen LogP contribution in [-0.4, -0.2) is 23.2 Å². The Morgan fingerprint density at radius 3 is 2.58 bits per heavy atom. The highest BCUT2D eigenvalue weighted by molar-refractivity contribution is 7.92. The summed E-state index contributed by atoms with van der Waals surface area (Å²) in [6.07, 6.45) is 1.27. The maximum Gasteiger partial charge on any atom is 0.264 e. The number of sulfonamides is 1. The number of hydrogen-bond acceptors (Lipinski definition) is 5. The zero-order valence-electron chi connectivity index (χ0n) is 10.9. The molecule has 0 aliphatic carbocycles. The average molecular weight is 281 g/mol. The molecule has 0 spiro atoms. The minimum Gasteiger partial charge on any atom is -0.398 e. The van der Waals surface area contributed by atoms with E-state index in [-0.39, 0.29) is 10.8 Å². The fourth-order valence-electron chi connectivity index (χ4n) is 1.70. The van der Waals surface area contributed by atoms with Crippen molar-refractivity contribution in [1.82, 2.24) is 14.8 Å². The summed E-state index contributed by atoms with van der Waals surface area (Å²) in [5.74, 6) is 0.152. The lowest BCUT2D eigenvalue weighted by Gasteiger charge is -2.12. The zero-order chi connectivity index (χ0) is 14.2. The van der Waals surface area contributed by atoms with E-state index in [2.05, 4.69) is 14.8 Å². The van der Waals surface area contributed by atoms with E-state index in [9.17, 15) is 8.42 Å². The highest BCUT2D eigenvalue weighted by atomic mass is 32.2. The van der Waals surface area contributed by atoms with Crippen LogP contribution in [-0.2, 0) is 17.1 Å². The van der Waals surface area contributed by atoms with Crippen LogP contribution in [0.3, 0.4) is 0 Å². The van der Waals surface area contributed by atoms with E-state index >= 15 is 0 Å². The quantitative estimate of drug-likeness (QED) is 0.811. The molecular weight excluding hydrogens is 266 g/mol. The summed E-state index contributed by atoms with van der Waals surface area (Å²) in [4.78, 5) is 3.98. The number of aromatic nitrogens is 3. The molecule has 1 aromatic heterocycles. The Bertz CT molecular complexity index is 721. The number of nitrogen functional groups attached to an aromatic ring is 1. The molecule has 0 saturated heterocycles. The van der Waals surface area contributed by atoms with E-state index in [1.165, 1.54) is 11.0 Å². The Balaban J connectivity index is 2.49. The fourth-order valence-corrected chi connectivity index (χ4v) is 3.09. The number of benzene rings is 1. The van der Waals surface area contributed by atoms with Crippen LogP contribution in [0.4, 0.5) is 11.6 Å².